The van der Waals surface area contributed by atoms with Crippen molar-refractivity contribution < 1.29 is 19.4 Å². The number of nitro benzene ring substituents is 1. The van der Waals surface area contributed by atoms with Gasteiger partial charge in [0.2, 0.25) is 0 Å². The summed E-state index contributed by atoms with van der Waals surface area (Å²) in [5.41, 5.74) is 0.231. The van der Waals surface area contributed by atoms with E-state index in [9.17, 15) is 25.0 Å². The molecule has 3 aromatic rings. The first-order chi connectivity index (χ1) is 13.7. The number of H-pyrrole nitrogens is 1. The normalized spacial score (nSPS) is 10.4. The van der Waals surface area contributed by atoms with Gasteiger partial charge >= 0.3 is 5.82 Å². The van der Waals surface area contributed by atoms with E-state index < -0.39 is 21.6 Å². The van der Waals surface area contributed by atoms with E-state index in [4.69, 9.17) is 16.3 Å². The number of benzene rings is 2. The zero-order valence-corrected chi connectivity index (χ0v) is 15.5. The minimum atomic E-state index is -0.789. The number of amides is 1. The van der Waals surface area contributed by atoms with Crippen molar-refractivity contribution in [3.63, 3.8) is 0 Å². The highest BCUT2D eigenvalue weighted by Gasteiger charge is 2.18. The molecule has 0 aliphatic carbocycles. The number of carbonyl (C=O) groups is 1. The van der Waals surface area contributed by atoms with Crippen molar-refractivity contribution in [1.29, 1.82) is 0 Å². The van der Waals surface area contributed by atoms with Crippen molar-refractivity contribution in [3.8, 4) is 11.5 Å². The Hall–Kier alpha value is -3.99. The summed E-state index contributed by atoms with van der Waals surface area (Å²) < 4.78 is 5.64. The molecular formula is C17H12ClN5O6. The second-order valence-electron chi connectivity index (χ2n) is 5.84. The zero-order chi connectivity index (χ0) is 21.1. The quantitative estimate of drug-likeness (QED) is 0.449. The molecule has 3 rings (SSSR count). The van der Waals surface area contributed by atoms with Gasteiger partial charge < -0.3 is 20.2 Å². The maximum atomic E-state index is 12.2. The molecule has 29 heavy (non-hydrogen) atoms. The molecule has 0 radical (unpaired) electrons. The SMILES string of the molecule is Cc1cc(Oc2cc(NC(=O)c3cc([N+](=O)[O-])[nH]n3)cc([N+](=O)[O-])c2)ccc1Cl. The molecule has 0 spiro atoms. The monoisotopic (exact) mass is 417 g/mol. The number of nitrogens with one attached hydrogen (secondary N) is 2. The summed E-state index contributed by atoms with van der Waals surface area (Å²) in [6.07, 6.45) is 0. The molecule has 1 heterocycles. The van der Waals surface area contributed by atoms with Crippen LogP contribution in [0.2, 0.25) is 5.02 Å². The molecule has 0 bridgehead atoms. The van der Waals surface area contributed by atoms with Crippen LogP contribution in [0.3, 0.4) is 0 Å². The van der Waals surface area contributed by atoms with Gasteiger partial charge in [0.1, 0.15) is 11.5 Å². The predicted octanol–water partition coefficient (Wildman–Crippen LogP) is 4.23. The van der Waals surface area contributed by atoms with Gasteiger partial charge in [-0.3, -0.25) is 14.9 Å². The first-order valence-electron chi connectivity index (χ1n) is 7.97. The van der Waals surface area contributed by atoms with Crippen molar-refractivity contribution in [3.05, 3.63) is 79.0 Å². The average molecular weight is 418 g/mol. The van der Waals surface area contributed by atoms with Crippen LogP contribution in [0.1, 0.15) is 16.1 Å². The van der Waals surface area contributed by atoms with Crippen molar-refractivity contribution in [1.82, 2.24) is 10.2 Å². The Labute approximate surface area is 167 Å². The molecule has 0 saturated carbocycles. The van der Waals surface area contributed by atoms with Gasteiger partial charge in [-0.25, -0.2) is 0 Å². The molecule has 1 amide bonds. The number of non-ortho nitro benzene ring substituents is 1. The Balaban J connectivity index is 1.87. The summed E-state index contributed by atoms with van der Waals surface area (Å²) in [6, 6.07) is 9.50. The number of hydrogen-bond acceptors (Lipinski definition) is 7. The Kier molecular flexibility index (Phi) is 5.41. The maximum Gasteiger partial charge on any atom is 0.343 e. The summed E-state index contributed by atoms with van der Waals surface area (Å²) in [5.74, 6) is -0.753. The van der Waals surface area contributed by atoms with Gasteiger partial charge in [0.25, 0.3) is 11.6 Å². The van der Waals surface area contributed by atoms with Crippen molar-refractivity contribution in [2.75, 3.05) is 5.32 Å². The minimum Gasteiger partial charge on any atom is -0.457 e. The zero-order valence-electron chi connectivity index (χ0n) is 14.7. The average Bonchev–Trinajstić information content (AvgIpc) is 3.15. The van der Waals surface area contributed by atoms with Gasteiger partial charge in [0.15, 0.2) is 5.69 Å². The number of aryl methyl sites for hydroxylation is 1. The first-order valence-corrected chi connectivity index (χ1v) is 8.35. The molecule has 0 unspecified atom stereocenters. The molecule has 0 aliphatic heterocycles. The van der Waals surface area contributed by atoms with E-state index in [-0.39, 0.29) is 22.8 Å². The van der Waals surface area contributed by atoms with Gasteiger partial charge in [0, 0.05) is 17.2 Å². The Morgan fingerprint density at radius 2 is 1.86 bits per heavy atom. The molecule has 2 N–H and O–H groups in total. The van der Waals surface area contributed by atoms with Crippen LogP contribution in [0.15, 0.2) is 42.5 Å². The highest BCUT2D eigenvalue weighted by Crippen LogP contribution is 2.31. The lowest BCUT2D eigenvalue weighted by Crippen LogP contribution is -2.12. The fraction of sp³-hybridized carbons (Fsp3) is 0.0588. The molecule has 2 aromatic carbocycles. The molecule has 148 valence electrons. The highest BCUT2D eigenvalue weighted by atomic mass is 35.5. The number of rotatable bonds is 6. The summed E-state index contributed by atoms with van der Waals surface area (Å²) in [6.45, 7) is 1.78. The maximum absolute atomic E-state index is 12.2. The lowest BCUT2D eigenvalue weighted by molar-refractivity contribution is -0.389. The summed E-state index contributed by atoms with van der Waals surface area (Å²) in [4.78, 5) is 32.8. The largest absolute Gasteiger partial charge is 0.457 e. The minimum absolute atomic E-state index is 0.0514. The van der Waals surface area contributed by atoms with Gasteiger partial charge in [-0.2, -0.15) is 0 Å². The van der Waals surface area contributed by atoms with Crippen LogP contribution in [-0.4, -0.2) is 26.0 Å². The smallest absolute Gasteiger partial charge is 0.343 e. The van der Waals surface area contributed by atoms with E-state index in [1.165, 1.54) is 12.1 Å². The highest BCUT2D eigenvalue weighted by molar-refractivity contribution is 6.31. The summed E-state index contributed by atoms with van der Waals surface area (Å²) in [5, 5.41) is 30.5. The number of nitrogens with zero attached hydrogens (tertiary/aromatic N) is 3. The molecule has 0 fully saturated rings. The number of aromatic nitrogens is 2. The number of halogens is 1. The van der Waals surface area contributed by atoms with Crippen molar-refractivity contribution in [2.24, 2.45) is 0 Å². The molecular weight excluding hydrogens is 406 g/mol. The van der Waals surface area contributed by atoms with Crippen LogP contribution in [0.25, 0.3) is 0 Å². The van der Waals surface area contributed by atoms with Gasteiger partial charge in [0.05, 0.1) is 22.7 Å². The number of anilines is 1. The second kappa shape index (κ2) is 7.94. The third-order valence-electron chi connectivity index (χ3n) is 3.72. The molecule has 11 nitrogen and oxygen atoms in total. The van der Waals surface area contributed by atoms with Gasteiger partial charge in [-0.1, -0.05) is 16.7 Å². The van der Waals surface area contributed by atoms with Crippen LogP contribution in [0.4, 0.5) is 17.2 Å². The molecule has 0 atom stereocenters. The lowest BCUT2D eigenvalue weighted by Gasteiger charge is -2.10. The van der Waals surface area contributed by atoms with Gasteiger partial charge in [-0.15, -0.1) is 5.10 Å². The van der Waals surface area contributed by atoms with E-state index >= 15 is 0 Å². The Morgan fingerprint density at radius 3 is 2.48 bits per heavy atom. The molecule has 0 aliphatic rings. The van der Waals surface area contributed by atoms with Crippen LogP contribution in [0, 0.1) is 27.2 Å². The van der Waals surface area contributed by atoms with Crippen LogP contribution < -0.4 is 10.1 Å². The molecule has 12 heteroatoms. The number of aromatic amines is 1. The van der Waals surface area contributed by atoms with E-state index in [0.29, 0.717) is 10.8 Å². The third kappa shape index (κ3) is 4.65. The van der Waals surface area contributed by atoms with E-state index in [2.05, 4.69) is 15.5 Å². The number of carbonyl (C=O) groups excluding carboxylic acids is 1. The van der Waals surface area contributed by atoms with Crippen LogP contribution in [-0.2, 0) is 0 Å². The van der Waals surface area contributed by atoms with Crippen molar-refractivity contribution in [2.45, 2.75) is 6.92 Å². The van der Waals surface area contributed by atoms with Crippen LogP contribution >= 0.6 is 11.6 Å². The fourth-order valence-corrected chi connectivity index (χ4v) is 2.47. The fourth-order valence-electron chi connectivity index (χ4n) is 2.35. The number of nitro groups is 2. The Morgan fingerprint density at radius 1 is 1.10 bits per heavy atom. The van der Waals surface area contributed by atoms with Crippen molar-refractivity contribution >= 4 is 34.7 Å². The summed E-state index contributed by atoms with van der Waals surface area (Å²) in [7, 11) is 0. The predicted molar refractivity (Wildman–Crippen MR) is 103 cm³/mol. The lowest BCUT2D eigenvalue weighted by atomic mass is 10.2. The molecule has 0 saturated heterocycles. The molecule has 1 aromatic heterocycles. The topological polar surface area (TPSA) is 153 Å². The van der Waals surface area contributed by atoms with E-state index in [1.54, 1.807) is 25.1 Å². The van der Waals surface area contributed by atoms with E-state index in [1.807, 2.05) is 0 Å². The first kappa shape index (κ1) is 19.8. The number of hydrogen-bond donors (Lipinski definition) is 2. The Bertz CT molecular complexity index is 1130. The standard InChI is InChI=1S/C17H12ClN5O6/c1-9-4-12(2-3-14(9)18)29-13-6-10(5-11(7-13)22(25)26)19-17(24)15-8-16(21-20-15)23(27)28/h2-8H,1H3,(H,19,24)(H,20,21). The van der Waals surface area contributed by atoms with E-state index in [0.717, 1.165) is 17.7 Å². The van der Waals surface area contributed by atoms with Gasteiger partial charge in [-0.05, 0) is 35.6 Å². The van der Waals surface area contributed by atoms with Crippen LogP contribution in [0.5, 0.6) is 11.5 Å². The second-order valence-corrected chi connectivity index (χ2v) is 6.24. The summed E-state index contributed by atoms with van der Waals surface area (Å²) >= 11 is 5.97. The third-order valence-corrected chi connectivity index (χ3v) is 4.14. The number of ether oxygens (including phenoxy) is 1.